The zero-order valence-electron chi connectivity index (χ0n) is 10.4. The fourth-order valence-electron chi connectivity index (χ4n) is 2.08. The predicted molar refractivity (Wildman–Crippen MR) is 78.2 cm³/mol. The molecule has 2 heterocycles. The van der Waals surface area contributed by atoms with E-state index in [-0.39, 0.29) is 12.3 Å². The molecule has 1 aromatic carbocycles. The first-order valence-corrected chi connectivity index (χ1v) is 6.82. The van der Waals surface area contributed by atoms with Gasteiger partial charge in [-0.3, -0.25) is 9.78 Å². The summed E-state index contributed by atoms with van der Waals surface area (Å²) in [4.78, 5) is 16.4. The fraction of sp³-hybridized carbons (Fsp3) is 0.0667. The number of benzene rings is 1. The van der Waals surface area contributed by atoms with E-state index in [1.54, 1.807) is 23.0 Å². The lowest BCUT2D eigenvalue weighted by Gasteiger charge is -2.05. The van der Waals surface area contributed by atoms with E-state index in [4.69, 9.17) is 0 Å². The maximum Gasteiger partial charge on any atom is 0.182 e. The van der Waals surface area contributed by atoms with E-state index in [0.717, 1.165) is 15.5 Å². The molecule has 0 amide bonds. The highest BCUT2D eigenvalue weighted by molar-refractivity contribution is 9.10. The number of rotatable bonds is 3. The molecule has 0 atom stereocenters. The second-order valence-corrected chi connectivity index (χ2v) is 5.35. The van der Waals surface area contributed by atoms with Crippen molar-refractivity contribution in [2.24, 2.45) is 0 Å². The molecule has 0 aliphatic carbocycles. The van der Waals surface area contributed by atoms with E-state index in [2.05, 4.69) is 20.9 Å². The summed E-state index contributed by atoms with van der Waals surface area (Å²) in [5.74, 6) is -0.542. The summed E-state index contributed by atoms with van der Waals surface area (Å²) in [6, 6.07) is 9.48. The molecule has 0 radical (unpaired) electrons. The first-order chi connectivity index (χ1) is 9.63. The lowest BCUT2D eigenvalue weighted by molar-refractivity contribution is 0.0973. The van der Waals surface area contributed by atoms with Crippen LogP contribution in [-0.4, -0.2) is 15.3 Å². The maximum absolute atomic E-state index is 13.1. The summed E-state index contributed by atoms with van der Waals surface area (Å²) in [7, 11) is 0. The van der Waals surface area contributed by atoms with E-state index < -0.39 is 5.82 Å². The van der Waals surface area contributed by atoms with Crippen molar-refractivity contribution in [2.75, 3.05) is 0 Å². The van der Waals surface area contributed by atoms with Gasteiger partial charge in [0.25, 0.3) is 0 Å². The summed E-state index contributed by atoms with van der Waals surface area (Å²) < 4.78 is 15.8. The highest BCUT2D eigenvalue weighted by Gasteiger charge is 2.10. The Morgan fingerprint density at radius 2 is 2.15 bits per heavy atom. The van der Waals surface area contributed by atoms with Crippen LogP contribution in [0.1, 0.15) is 10.4 Å². The largest absolute Gasteiger partial charge is 0.338 e. The molecular formula is C15H10BrFN2O. The number of carbonyl (C=O) groups is 1. The standard InChI is InChI=1S/C15H10BrFN2O/c16-11-7-14-13(18-8-11)4-5-19(14)9-15(20)10-2-1-3-12(17)6-10/h1-8H,9H2. The Morgan fingerprint density at radius 3 is 2.95 bits per heavy atom. The van der Waals surface area contributed by atoms with Gasteiger partial charge in [0.1, 0.15) is 5.82 Å². The van der Waals surface area contributed by atoms with Crippen molar-refractivity contribution in [1.82, 2.24) is 9.55 Å². The number of Topliss-reactive ketones (excluding diaryl/α,β-unsaturated/α-hetero) is 1. The van der Waals surface area contributed by atoms with Gasteiger partial charge >= 0.3 is 0 Å². The molecule has 0 fully saturated rings. The van der Waals surface area contributed by atoms with Gasteiger partial charge in [-0.05, 0) is 40.2 Å². The van der Waals surface area contributed by atoms with Crippen LogP contribution in [0.25, 0.3) is 11.0 Å². The van der Waals surface area contributed by atoms with Gasteiger partial charge in [0.05, 0.1) is 17.6 Å². The Balaban J connectivity index is 1.93. The average Bonchev–Trinajstić information content (AvgIpc) is 2.81. The lowest BCUT2D eigenvalue weighted by atomic mass is 10.1. The van der Waals surface area contributed by atoms with Crippen LogP contribution in [0.3, 0.4) is 0 Å². The molecule has 20 heavy (non-hydrogen) atoms. The molecule has 0 unspecified atom stereocenters. The summed E-state index contributed by atoms with van der Waals surface area (Å²) in [5.41, 5.74) is 2.05. The Morgan fingerprint density at radius 1 is 1.30 bits per heavy atom. The number of hydrogen-bond donors (Lipinski definition) is 0. The van der Waals surface area contributed by atoms with Crippen LogP contribution in [0, 0.1) is 5.82 Å². The van der Waals surface area contributed by atoms with Gasteiger partial charge in [-0.15, -0.1) is 0 Å². The first-order valence-electron chi connectivity index (χ1n) is 6.02. The normalized spacial score (nSPS) is 10.9. The van der Waals surface area contributed by atoms with Crippen molar-refractivity contribution >= 4 is 32.7 Å². The first kappa shape index (κ1) is 13.0. The van der Waals surface area contributed by atoms with Crippen LogP contribution in [0.2, 0.25) is 0 Å². The number of aromatic nitrogens is 2. The minimum Gasteiger partial charge on any atom is -0.338 e. The third-order valence-electron chi connectivity index (χ3n) is 3.05. The number of fused-ring (bicyclic) bond motifs is 1. The molecule has 0 N–H and O–H groups in total. The number of nitrogens with zero attached hydrogens (tertiary/aromatic N) is 2. The van der Waals surface area contributed by atoms with Crippen molar-refractivity contribution in [1.29, 1.82) is 0 Å². The van der Waals surface area contributed by atoms with Crippen LogP contribution in [0.5, 0.6) is 0 Å². The summed E-state index contributed by atoms with van der Waals surface area (Å²) >= 11 is 3.36. The quantitative estimate of drug-likeness (QED) is 0.683. The second kappa shape index (κ2) is 5.17. The minimum absolute atomic E-state index is 0.137. The summed E-state index contributed by atoms with van der Waals surface area (Å²) in [6.07, 6.45) is 3.52. The SMILES string of the molecule is O=C(Cn1ccc2ncc(Br)cc21)c1cccc(F)c1. The lowest BCUT2D eigenvalue weighted by Crippen LogP contribution is -2.09. The second-order valence-electron chi connectivity index (χ2n) is 4.44. The third kappa shape index (κ3) is 2.49. The van der Waals surface area contributed by atoms with Gasteiger partial charge in [0, 0.05) is 22.4 Å². The Bertz CT molecular complexity index is 797. The monoisotopic (exact) mass is 332 g/mol. The number of hydrogen-bond acceptors (Lipinski definition) is 2. The zero-order valence-corrected chi connectivity index (χ0v) is 12.0. The van der Waals surface area contributed by atoms with Crippen LogP contribution in [0.4, 0.5) is 4.39 Å². The molecule has 2 aromatic heterocycles. The minimum atomic E-state index is -0.405. The van der Waals surface area contributed by atoms with Gasteiger partial charge in [-0.25, -0.2) is 4.39 Å². The molecule has 3 rings (SSSR count). The van der Waals surface area contributed by atoms with Crippen molar-refractivity contribution < 1.29 is 9.18 Å². The van der Waals surface area contributed by atoms with Crippen molar-refractivity contribution in [3.63, 3.8) is 0 Å². The van der Waals surface area contributed by atoms with Gasteiger partial charge in [0.2, 0.25) is 0 Å². The third-order valence-corrected chi connectivity index (χ3v) is 3.48. The Labute approximate surface area is 123 Å². The average molecular weight is 333 g/mol. The smallest absolute Gasteiger partial charge is 0.182 e. The molecule has 0 bridgehead atoms. The van der Waals surface area contributed by atoms with E-state index in [9.17, 15) is 9.18 Å². The number of carbonyl (C=O) groups excluding carboxylic acids is 1. The predicted octanol–water partition coefficient (Wildman–Crippen LogP) is 3.82. The maximum atomic E-state index is 13.1. The fourth-order valence-corrected chi connectivity index (χ4v) is 2.40. The van der Waals surface area contributed by atoms with Gasteiger partial charge in [-0.2, -0.15) is 0 Å². The van der Waals surface area contributed by atoms with Crippen molar-refractivity contribution in [3.05, 3.63) is 64.6 Å². The Kier molecular flexibility index (Phi) is 3.36. The molecule has 100 valence electrons. The highest BCUT2D eigenvalue weighted by atomic mass is 79.9. The molecule has 3 aromatic rings. The number of pyridine rings is 1. The van der Waals surface area contributed by atoms with Gasteiger partial charge in [0.15, 0.2) is 5.78 Å². The molecule has 0 aliphatic heterocycles. The zero-order chi connectivity index (χ0) is 14.1. The molecule has 5 heteroatoms. The number of halogens is 2. The molecule has 3 nitrogen and oxygen atoms in total. The van der Waals surface area contributed by atoms with Gasteiger partial charge in [-0.1, -0.05) is 12.1 Å². The van der Waals surface area contributed by atoms with Crippen molar-refractivity contribution in [3.8, 4) is 0 Å². The number of ketones is 1. The summed E-state index contributed by atoms with van der Waals surface area (Å²) in [6.45, 7) is 0.158. The molecule has 0 saturated carbocycles. The van der Waals surface area contributed by atoms with Crippen LogP contribution >= 0.6 is 15.9 Å². The highest BCUT2D eigenvalue weighted by Crippen LogP contribution is 2.19. The van der Waals surface area contributed by atoms with Crippen LogP contribution in [-0.2, 0) is 6.54 Å². The molecule has 0 saturated heterocycles. The van der Waals surface area contributed by atoms with E-state index in [1.165, 1.54) is 18.2 Å². The van der Waals surface area contributed by atoms with Crippen LogP contribution in [0.15, 0.2) is 53.3 Å². The van der Waals surface area contributed by atoms with E-state index in [1.807, 2.05) is 12.1 Å². The van der Waals surface area contributed by atoms with E-state index >= 15 is 0 Å². The van der Waals surface area contributed by atoms with Gasteiger partial charge < -0.3 is 4.57 Å². The van der Waals surface area contributed by atoms with Crippen LogP contribution < -0.4 is 0 Å². The van der Waals surface area contributed by atoms with E-state index in [0.29, 0.717) is 5.56 Å². The molecule has 0 aliphatic rings. The summed E-state index contributed by atoms with van der Waals surface area (Å²) in [5, 5.41) is 0. The molecule has 0 spiro atoms. The molecular weight excluding hydrogens is 323 g/mol. The van der Waals surface area contributed by atoms with Crippen molar-refractivity contribution in [2.45, 2.75) is 6.54 Å². The topological polar surface area (TPSA) is 34.9 Å². The Hall–Kier alpha value is -2.01.